The van der Waals surface area contributed by atoms with Crippen molar-refractivity contribution in [3.05, 3.63) is 0 Å². The maximum Gasteiger partial charge on any atom is 0.125 e. The van der Waals surface area contributed by atoms with Gasteiger partial charge in [0.25, 0.3) is 0 Å². The molecule has 168 valence electrons. The van der Waals surface area contributed by atoms with Gasteiger partial charge in [-0.05, 0) is 13.0 Å². The van der Waals surface area contributed by atoms with Gasteiger partial charge in [0, 0.05) is 13.1 Å². The van der Waals surface area contributed by atoms with Crippen molar-refractivity contribution < 1.29 is 16.0 Å². The van der Waals surface area contributed by atoms with Gasteiger partial charge < -0.3 is 16.0 Å². The summed E-state index contributed by atoms with van der Waals surface area (Å²) < 4.78 is 0. The maximum atomic E-state index is 2.72. The van der Waals surface area contributed by atoms with Crippen LogP contribution in [0.3, 0.4) is 0 Å². The molecule has 0 saturated carbocycles. The largest absolute Gasteiger partial charge is 0.341 e. The van der Waals surface area contributed by atoms with Gasteiger partial charge in [-0.1, -0.05) is 90.4 Å². The molecule has 1 fully saturated rings. The molecule has 0 unspecified atom stereocenters. The van der Waals surface area contributed by atoms with Crippen LogP contribution < -0.4 is 16.0 Å². The molecule has 0 radical (unpaired) electrons. The smallest absolute Gasteiger partial charge is 0.125 e. The second-order valence-corrected chi connectivity index (χ2v) is 9.04. The lowest BCUT2D eigenvalue weighted by Gasteiger charge is -2.21. The Morgan fingerprint density at radius 2 is 0.821 bits per heavy atom. The summed E-state index contributed by atoms with van der Waals surface area (Å²) in [5.41, 5.74) is 0. The molecule has 4 nitrogen and oxygen atoms in total. The van der Waals surface area contributed by atoms with Crippen LogP contribution in [-0.4, -0.2) is 63.8 Å². The molecule has 0 aromatic rings. The summed E-state index contributed by atoms with van der Waals surface area (Å²) in [5, 5.41) is 7.50. The second kappa shape index (κ2) is 21.5. The van der Waals surface area contributed by atoms with Crippen molar-refractivity contribution in [2.75, 3.05) is 58.9 Å². The average Bonchev–Trinajstić information content (AvgIpc) is 2.70. The lowest BCUT2D eigenvalue weighted by molar-refractivity contribution is -0.751. The number of quaternary nitrogens is 3. The van der Waals surface area contributed by atoms with Gasteiger partial charge >= 0.3 is 0 Å². The van der Waals surface area contributed by atoms with Crippen molar-refractivity contribution in [2.45, 2.75) is 96.8 Å². The normalized spacial score (nSPS) is 17.9. The molecular weight excluding hydrogens is 344 g/mol. The number of nitrogens with two attached hydrogens (primary N) is 3. The Morgan fingerprint density at radius 1 is 0.464 bits per heavy atom. The van der Waals surface area contributed by atoms with Gasteiger partial charge in [0.2, 0.25) is 0 Å². The van der Waals surface area contributed by atoms with Crippen LogP contribution in [0.5, 0.6) is 0 Å². The van der Waals surface area contributed by atoms with Crippen LogP contribution >= 0.6 is 0 Å². The van der Waals surface area contributed by atoms with Crippen LogP contribution in [0, 0.1) is 0 Å². The van der Waals surface area contributed by atoms with Gasteiger partial charge in [-0.3, -0.25) is 4.90 Å². The van der Waals surface area contributed by atoms with Gasteiger partial charge in [0.1, 0.15) is 26.2 Å². The molecule has 1 saturated heterocycles. The van der Waals surface area contributed by atoms with Gasteiger partial charge in [-0.15, -0.1) is 0 Å². The Labute approximate surface area is 177 Å². The van der Waals surface area contributed by atoms with Gasteiger partial charge in [-0.2, -0.15) is 0 Å². The molecule has 1 aliphatic heterocycles. The van der Waals surface area contributed by atoms with Crippen molar-refractivity contribution in [1.82, 2.24) is 4.90 Å². The zero-order valence-electron chi connectivity index (χ0n) is 19.4. The summed E-state index contributed by atoms with van der Waals surface area (Å²) in [6.07, 6.45) is 20.4. The van der Waals surface area contributed by atoms with Crippen LogP contribution in [0.1, 0.15) is 96.8 Å². The molecule has 4 heteroatoms. The van der Waals surface area contributed by atoms with E-state index in [1.165, 1.54) is 149 Å². The van der Waals surface area contributed by atoms with Crippen molar-refractivity contribution in [2.24, 2.45) is 0 Å². The molecule has 0 bridgehead atoms. The van der Waals surface area contributed by atoms with Crippen LogP contribution in [0.15, 0.2) is 0 Å². The summed E-state index contributed by atoms with van der Waals surface area (Å²) in [6.45, 7) is 13.9. The number of nitrogens with zero attached hydrogens (tertiary/aromatic N) is 1. The van der Waals surface area contributed by atoms with Crippen molar-refractivity contribution >= 4 is 0 Å². The summed E-state index contributed by atoms with van der Waals surface area (Å²) in [6, 6.07) is 0. The Hall–Kier alpha value is -0.160. The molecular formula is C24H55N4+3. The van der Waals surface area contributed by atoms with E-state index in [1.54, 1.807) is 0 Å². The van der Waals surface area contributed by atoms with Gasteiger partial charge in [0.15, 0.2) is 0 Å². The van der Waals surface area contributed by atoms with Crippen LogP contribution in [-0.2, 0) is 0 Å². The first-order valence-electron chi connectivity index (χ1n) is 13.1. The average molecular weight is 400 g/mol. The molecule has 1 rings (SSSR count). The maximum absolute atomic E-state index is 2.72. The van der Waals surface area contributed by atoms with E-state index in [0.717, 1.165) is 0 Å². The lowest BCUT2D eigenvalue weighted by atomic mass is 10.0. The standard InChI is InChI=1S/C24H52N4/c1-2-3-4-5-6-7-8-9-10-11-12-13-14-15-22-28-23-20-26-18-16-25-17-19-27-21-24-28/h25-27H,2-24H2,1H3/p+3. The number of hydrogen-bond donors (Lipinski definition) is 3. The zero-order valence-corrected chi connectivity index (χ0v) is 19.4. The molecule has 0 aliphatic carbocycles. The lowest BCUT2D eigenvalue weighted by Crippen LogP contribution is -2.99. The predicted molar refractivity (Wildman–Crippen MR) is 122 cm³/mol. The highest BCUT2D eigenvalue weighted by atomic mass is 15.2. The molecule has 0 atom stereocenters. The predicted octanol–water partition coefficient (Wildman–Crippen LogP) is 1.47. The highest BCUT2D eigenvalue weighted by molar-refractivity contribution is 4.57. The molecule has 0 spiro atoms. The monoisotopic (exact) mass is 399 g/mol. The Morgan fingerprint density at radius 3 is 1.25 bits per heavy atom. The Bertz CT molecular complexity index is 286. The van der Waals surface area contributed by atoms with Crippen molar-refractivity contribution in [1.29, 1.82) is 0 Å². The van der Waals surface area contributed by atoms with Crippen LogP contribution in [0.2, 0.25) is 0 Å². The van der Waals surface area contributed by atoms with E-state index in [0.29, 0.717) is 0 Å². The Kier molecular flexibility index (Phi) is 19.9. The van der Waals surface area contributed by atoms with Crippen molar-refractivity contribution in [3.8, 4) is 0 Å². The number of rotatable bonds is 15. The van der Waals surface area contributed by atoms with E-state index in [4.69, 9.17) is 0 Å². The van der Waals surface area contributed by atoms with E-state index in [1.807, 2.05) is 0 Å². The first-order valence-corrected chi connectivity index (χ1v) is 13.1. The van der Waals surface area contributed by atoms with Crippen molar-refractivity contribution in [3.63, 3.8) is 0 Å². The van der Waals surface area contributed by atoms with E-state index < -0.39 is 0 Å². The fourth-order valence-corrected chi connectivity index (χ4v) is 4.32. The molecule has 0 amide bonds. The first kappa shape index (κ1) is 25.9. The fraction of sp³-hybridized carbons (Fsp3) is 1.00. The number of hydrogen-bond acceptors (Lipinski definition) is 1. The molecule has 0 aromatic heterocycles. The molecule has 0 aromatic carbocycles. The topological polar surface area (TPSA) is 53.1 Å². The minimum Gasteiger partial charge on any atom is -0.341 e. The second-order valence-electron chi connectivity index (χ2n) is 9.04. The van der Waals surface area contributed by atoms with Crippen LogP contribution in [0.25, 0.3) is 0 Å². The summed E-state index contributed by atoms with van der Waals surface area (Å²) >= 11 is 0. The summed E-state index contributed by atoms with van der Waals surface area (Å²) in [5.74, 6) is 0. The first-order chi connectivity index (χ1) is 13.9. The van der Waals surface area contributed by atoms with Gasteiger partial charge in [0.05, 0.1) is 13.1 Å². The van der Waals surface area contributed by atoms with Crippen LogP contribution in [0.4, 0.5) is 0 Å². The van der Waals surface area contributed by atoms with E-state index in [2.05, 4.69) is 27.8 Å². The molecule has 6 N–H and O–H groups in total. The summed E-state index contributed by atoms with van der Waals surface area (Å²) in [7, 11) is 0. The highest BCUT2D eigenvalue weighted by Crippen LogP contribution is 2.13. The third kappa shape index (κ3) is 17.9. The SMILES string of the molecule is CCCCCCCCCCCCCCCCN1CC[NH2+]CC[NH2+]CC[NH2+]CC1. The highest BCUT2D eigenvalue weighted by Gasteiger charge is 2.08. The third-order valence-corrected chi connectivity index (χ3v) is 6.28. The van der Waals surface area contributed by atoms with Gasteiger partial charge in [-0.25, -0.2) is 0 Å². The molecule has 28 heavy (non-hydrogen) atoms. The number of unbranched alkanes of at least 4 members (excludes halogenated alkanes) is 13. The molecule has 1 heterocycles. The Balaban J connectivity index is 1.86. The minimum absolute atomic E-state index is 1.28. The fourth-order valence-electron chi connectivity index (χ4n) is 4.32. The third-order valence-electron chi connectivity index (χ3n) is 6.28. The van der Waals surface area contributed by atoms with E-state index >= 15 is 0 Å². The van der Waals surface area contributed by atoms with E-state index in [9.17, 15) is 0 Å². The summed E-state index contributed by atoms with van der Waals surface area (Å²) in [4.78, 5) is 2.72. The zero-order chi connectivity index (χ0) is 20.0. The quantitative estimate of drug-likeness (QED) is 0.359. The minimum atomic E-state index is 1.28. The molecule has 1 aliphatic rings. The van der Waals surface area contributed by atoms with E-state index in [-0.39, 0.29) is 0 Å².